The van der Waals surface area contributed by atoms with Gasteiger partial charge in [0, 0.05) is 0 Å². The van der Waals surface area contributed by atoms with Gasteiger partial charge in [-0.1, -0.05) is 36.1 Å². The van der Waals surface area contributed by atoms with Gasteiger partial charge in [-0.3, -0.25) is 10.1 Å². The van der Waals surface area contributed by atoms with Crippen LogP contribution in [0, 0.1) is 6.92 Å². The number of carbonyl (C=O) groups is 2. The second kappa shape index (κ2) is 7.47. The van der Waals surface area contributed by atoms with E-state index in [1.165, 1.54) is 25.1 Å². The van der Waals surface area contributed by atoms with Crippen LogP contribution in [0.1, 0.15) is 31.3 Å². The molecule has 0 radical (unpaired) electrons. The molecule has 0 unspecified atom stereocenters. The van der Waals surface area contributed by atoms with E-state index in [-0.39, 0.29) is 16.6 Å². The Balaban J connectivity index is 2.23. The van der Waals surface area contributed by atoms with E-state index in [1.54, 1.807) is 0 Å². The average Bonchev–Trinajstić information content (AvgIpc) is 2.92. The lowest BCUT2D eigenvalue weighted by Crippen LogP contribution is -2.18. The molecule has 9 heteroatoms. The summed E-state index contributed by atoms with van der Waals surface area (Å²) >= 11 is 0.821. The highest BCUT2D eigenvalue weighted by atomic mass is 32.1. The van der Waals surface area contributed by atoms with Crippen molar-refractivity contribution in [3.63, 3.8) is 0 Å². The smallest absolute Gasteiger partial charge is 0.417 e. The third-order valence-electron chi connectivity index (χ3n) is 3.01. The molecule has 0 atom stereocenters. The van der Waals surface area contributed by atoms with Crippen molar-refractivity contribution in [1.29, 1.82) is 0 Å². The van der Waals surface area contributed by atoms with Crippen molar-refractivity contribution in [2.75, 3.05) is 11.9 Å². The van der Waals surface area contributed by atoms with Crippen LogP contribution in [0.4, 0.5) is 18.3 Å². The number of halogens is 3. The van der Waals surface area contributed by atoms with Gasteiger partial charge in [0.2, 0.25) is 0 Å². The number of nitrogens with zero attached hydrogens (tertiary/aromatic N) is 1. The molecule has 25 heavy (non-hydrogen) atoms. The Kier molecular flexibility index (Phi) is 5.58. The van der Waals surface area contributed by atoms with Gasteiger partial charge in [-0.25, -0.2) is 9.78 Å². The SMILES string of the molecule is C=CCOC(=O)c1sc(NC(=O)c2ccccc2C(F)(F)F)nc1C. The van der Waals surface area contributed by atoms with Crippen LogP contribution in [0.3, 0.4) is 0 Å². The third-order valence-corrected chi connectivity index (χ3v) is 4.06. The van der Waals surface area contributed by atoms with Gasteiger partial charge >= 0.3 is 12.1 Å². The molecule has 0 fully saturated rings. The van der Waals surface area contributed by atoms with Crippen molar-refractivity contribution in [2.24, 2.45) is 0 Å². The van der Waals surface area contributed by atoms with Crippen molar-refractivity contribution in [3.8, 4) is 0 Å². The van der Waals surface area contributed by atoms with Crippen molar-refractivity contribution in [3.05, 3.63) is 58.6 Å². The zero-order valence-corrected chi connectivity index (χ0v) is 13.8. The molecule has 2 rings (SSSR count). The largest absolute Gasteiger partial charge is 0.457 e. The highest BCUT2D eigenvalue weighted by Gasteiger charge is 2.35. The van der Waals surface area contributed by atoms with Crippen LogP contribution in [0.5, 0.6) is 0 Å². The summed E-state index contributed by atoms with van der Waals surface area (Å²) in [5.41, 5.74) is -1.27. The Hall–Kier alpha value is -2.68. The molecule has 1 amide bonds. The first-order valence-electron chi connectivity index (χ1n) is 6.97. The fourth-order valence-corrected chi connectivity index (χ4v) is 2.79. The van der Waals surface area contributed by atoms with Crippen LogP contribution in [-0.4, -0.2) is 23.5 Å². The number of carbonyl (C=O) groups excluding carboxylic acids is 2. The number of nitrogens with one attached hydrogen (secondary N) is 1. The summed E-state index contributed by atoms with van der Waals surface area (Å²) < 4.78 is 43.8. The molecule has 1 N–H and O–H groups in total. The summed E-state index contributed by atoms with van der Waals surface area (Å²) in [5, 5.41) is 2.29. The summed E-state index contributed by atoms with van der Waals surface area (Å²) in [5.74, 6) is -1.61. The average molecular weight is 370 g/mol. The normalized spacial score (nSPS) is 11.0. The van der Waals surface area contributed by atoms with E-state index in [0.717, 1.165) is 23.5 Å². The number of thiazole rings is 1. The minimum absolute atomic E-state index is 0.00466. The number of aromatic nitrogens is 1. The minimum Gasteiger partial charge on any atom is -0.457 e. The van der Waals surface area contributed by atoms with Gasteiger partial charge in [-0.15, -0.1) is 0 Å². The third kappa shape index (κ3) is 4.44. The Morgan fingerprint density at radius 1 is 1.36 bits per heavy atom. The second-order valence-electron chi connectivity index (χ2n) is 4.82. The number of esters is 1. The fraction of sp³-hybridized carbons (Fsp3) is 0.188. The van der Waals surface area contributed by atoms with Crippen molar-refractivity contribution < 1.29 is 27.5 Å². The van der Waals surface area contributed by atoms with E-state index in [0.29, 0.717) is 5.69 Å². The monoisotopic (exact) mass is 370 g/mol. The maximum Gasteiger partial charge on any atom is 0.417 e. The maximum absolute atomic E-state index is 13.0. The lowest BCUT2D eigenvalue weighted by molar-refractivity contribution is -0.137. The van der Waals surface area contributed by atoms with Gasteiger partial charge < -0.3 is 4.74 Å². The first-order valence-corrected chi connectivity index (χ1v) is 7.78. The topological polar surface area (TPSA) is 68.3 Å². The molecule has 0 aliphatic carbocycles. The van der Waals surface area contributed by atoms with Gasteiger partial charge in [0.25, 0.3) is 5.91 Å². The Bertz CT molecular complexity index is 815. The van der Waals surface area contributed by atoms with Crippen LogP contribution in [0.25, 0.3) is 0 Å². The van der Waals surface area contributed by atoms with Crippen molar-refractivity contribution >= 4 is 28.3 Å². The van der Waals surface area contributed by atoms with Crippen LogP contribution in [0.15, 0.2) is 36.9 Å². The number of amides is 1. The number of aryl methyl sites for hydroxylation is 1. The zero-order valence-electron chi connectivity index (χ0n) is 13.0. The molecule has 132 valence electrons. The molecule has 0 saturated heterocycles. The number of hydrogen-bond acceptors (Lipinski definition) is 5. The molecular weight excluding hydrogens is 357 g/mol. The number of ether oxygens (including phenoxy) is 1. The molecule has 1 aromatic carbocycles. The van der Waals surface area contributed by atoms with Gasteiger partial charge in [-0.2, -0.15) is 13.2 Å². The predicted molar refractivity (Wildman–Crippen MR) is 86.7 cm³/mol. The van der Waals surface area contributed by atoms with Gasteiger partial charge in [0.15, 0.2) is 5.13 Å². The molecule has 1 heterocycles. The van der Waals surface area contributed by atoms with Crippen LogP contribution >= 0.6 is 11.3 Å². The molecular formula is C16H13F3N2O3S. The van der Waals surface area contributed by atoms with E-state index >= 15 is 0 Å². The van der Waals surface area contributed by atoms with Crippen LogP contribution in [-0.2, 0) is 10.9 Å². The van der Waals surface area contributed by atoms with E-state index < -0.39 is 29.2 Å². The molecule has 0 bridgehead atoms. The molecule has 0 spiro atoms. The molecule has 0 aliphatic heterocycles. The predicted octanol–water partition coefficient (Wildman–Crippen LogP) is 4.07. The fourth-order valence-electron chi connectivity index (χ4n) is 1.93. The number of benzene rings is 1. The quantitative estimate of drug-likeness (QED) is 0.636. The number of anilines is 1. The van der Waals surface area contributed by atoms with Crippen LogP contribution in [0.2, 0.25) is 0 Å². The van der Waals surface area contributed by atoms with Gasteiger partial charge in [0.1, 0.15) is 11.5 Å². The summed E-state index contributed by atoms with van der Waals surface area (Å²) in [4.78, 5) is 28.1. The van der Waals surface area contributed by atoms with Crippen molar-refractivity contribution in [1.82, 2.24) is 4.98 Å². The first kappa shape index (κ1) is 18.7. The highest BCUT2D eigenvalue weighted by molar-refractivity contribution is 7.17. The summed E-state index contributed by atoms with van der Waals surface area (Å²) in [6.45, 7) is 4.96. The molecule has 1 aromatic heterocycles. The Morgan fingerprint density at radius 2 is 2.04 bits per heavy atom. The first-order chi connectivity index (χ1) is 11.7. The number of alkyl halides is 3. The molecule has 0 saturated carbocycles. The van der Waals surface area contributed by atoms with Crippen LogP contribution < -0.4 is 5.32 Å². The standard InChI is InChI=1S/C16H13F3N2O3S/c1-3-8-24-14(23)12-9(2)20-15(25-12)21-13(22)10-6-4-5-7-11(10)16(17,18)19/h3-7H,1,8H2,2H3,(H,20,21,22). The molecule has 2 aromatic rings. The van der Waals surface area contributed by atoms with E-state index in [1.807, 2.05) is 0 Å². The van der Waals surface area contributed by atoms with E-state index in [9.17, 15) is 22.8 Å². The van der Waals surface area contributed by atoms with Gasteiger partial charge in [0.05, 0.1) is 16.8 Å². The summed E-state index contributed by atoms with van der Waals surface area (Å²) in [6.07, 6.45) is -3.27. The number of rotatable bonds is 5. The lowest BCUT2D eigenvalue weighted by Gasteiger charge is -2.11. The Labute approximate surface area is 145 Å². The number of hydrogen-bond donors (Lipinski definition) is 1. The Morgan fingerprint density at radius 3 is 2.68 bits per heavy atom. The highest BCUT2D eigenvalue weighted by Crippen LogP contribution is 2.32. The van der Waals surface area contributed by atoms with E-state index in [2.05, 4.69) is 16.9 Å². The summed E-state index contributed by atoms with van der Waals surface area (Å²) in [6, 6.07) is 4.41. The summed E-state index contributed by atoms with van der Waals surface area (Å²) in [7, 11) is 0. The zero-order chi connectivity index (χ0) is 18.6. The minimum atomic E-state index is -4.66. The molecule has 5 nitrogen and oxygen atoms in total. The van der Waals surface area contributed by atoms with Gasteiger partial charge in [-0.05, 0) is 19.1 Å². The lowest BCUT2D eigenvalue weighted by atomic mass is 10.1. The van der Waals surface area contributed by atoms with E-state index in [4.69, 9.17) is 4.74 Å². The molecule has 0 aliphatic rings. The second-order valence-corrected chi connectivity index (χ2v) is 5.82. The van der Waals surface area contributed by atoms with Crippen molar-refractivity contribution in [2.45, 2.75) is 13.1 Å². The maximum atomic E-state index is 13.0.